The molecule has 0 bridgehead atoms. The summed E-state index contributed by atoms with van der Waals surface area (Å²) < 4.78 is 11.5. The van der Waals surface area contributed by atoms with Crippen molar-refractivity contribution in [3.8, 4) is 11.5 Å². The predicted octanol–water partition coefficient (Wildman–Crippen LogP) is 2.56. The van der Waals surface area contributed by atoms with E-state index < -0.39 is 23.4 Å². The van der Waals surface area contributed by atoms with E-state index in [0.717, 1.165) is 15.7 Å². The van der Waals surface area contributed by atoms with Crippen LogP contribution in [-0.2, 0) is 15.1 Å². The van der Waals surface area contributed by atoms with Gasteiger partial charge in [0, 0.05) is 0 Å². The Labute approximate surface area is 190 Å². The van der Waals surface area contributed by atoms with E-state index in [4.69, 9.17) is 9.47 Å². The SMILES string of the molecule is C[C@]1(c2cccc3ccccc23)NC(=O)N(CC(=O)NC[C@@H]2COc3ccccc3O2)C1=O. The van der Waals surface area contributed by atoms with Gasteiger partial charge in [-0.05, 0) is 35.4 Å². The Kier molecular flexibility index (Phi) is 5.12. The topological polar surface area (TPSA) is 97.0 Å². The minimum Gasteiger partial charge on any atom is -0.486 e. The normalized spacial score (nSPS) is 21.7. The smallest absolute Gasteiger partial charge is 0.325 e. The van der Waals surface area contributed by atoms with Crippen molar-refractivity contribution in [3.05, 3.63) is 72.3 Å². The second-order valence-electron chi connectivity index (χ2n) is 8.27. The standard InChI is InChI=1S/C25H23N3O5/c1-25(19-10-6-8-16-7-2-3-9-18(16)19)23(30)28(24(31)27-25)14-22(29)26-13-17-15-32-20-11-4-5-12-21(20)33-17/h2-12,17H,13-15H2,1H3,(H,26,29)(H,27,31)/t17-,25-/m1/s1. The molecule has 0 saturated carbocycles. The highest BCUT2D eigenvalue weighted by Crippen LogP contribution is 2.34. The molecule has 168 valence electrons. The van der Waals surface area contributed by atoms with Crippen LogP contribution in [0.1, 0.15) is 12.5 Å². The van der Waals surface area contributed by atoms with Gasteiger partial charge >= 0.3 is 6.03 Å². The maximum atomic E-state index is 13.3. The predicted molar refractivity (Wildman–Crippen MR) is 121 cm³/mol. The second kappa shape index (κ2) is 8.12. The van der Waals surface area contributed by atoms with Gasteiger partial charge in [0.25, 0.3) is 5.91 Å². The Morgan fingerprint density at radius 1 is 1.06 bits per heavy atom. The van der Waals surface area contributed by atoms with Crippen LogP contribution in [0.25, 0.3) is 10.8 Å². The summed E-state index contributed by atoms with van der Waals surface area (Å²) >= 11 is 0. The van der Waals surface area contributed by atoms with Crippen molar-refractivity contribution >= 4 is 28.6 Å². The highest BCUT2D eigenvalue weighted by molar-refractivity contribution is 6.10. The van der Waals surface area contributed by atoms with Gasteiger partial charge in [-0.15, -0.1) is 0 Å². The Balaban J connectivity index is 1.25. The maximum Gasteiger partial charge on any atom is 0.325 e. The molecule has 1 fully saturated rings. The van der Waals surface area contributed by atoms with Crippen LogP contribution in [0.5, 0.6) is 11.5 Å². The summed E-state index contributed by atoms with van der Waals surface area (Å²) in [7, 11) is 0. The number of rotatable bonds is 5. The van der Waals surface area contributed by atoms with Gasteiger partial charge in [0.05, 0.1) is 6.54 Å². The van der Waals surface area contributed by atoms with Crippen LogP contribution in [0, 0.1) is 0 Å². The Hall–Kier alpha value is -4.07. The zero-order valence-electron chi connectivity index (χ0n) is 18.0. The third kappa shape index (κ3) is 3.73. The van der Waals surface area contributed by atoms with E-state index in [0.29, 0.717) is 23.7 Å². The zero-order valence-corrected chi connectivity index (χ0v) is 18.0. The molecule has 5 rings (SSSR count). The molecule has 8 heteroatoms. The van der Waals surface area contributed by atoms with E-state index in [1.807, 2.05) is 60.7 Å². The fraction of sp³-hybridized carbons (Fsp3) is 0.240. The minimum absolute atomic E-state index is 0.192. The molecular formula is C25H23N3O5. The van der Waals surface area contributed by atoms with Gasteiger partial charge in [-0.1, -0.05) is 54.6 Å². The molecule has 0 aromatic heterocycles. The Morgan fingerprint density at radius 2 is 1.79 bits per heavy atom. The van der Waals surface area contributed by atoms with Crippen molar-refractivity contribution in [2.75, 3.05) is 19.7 Å². The van der Waals surface area contributed by atoms with E-state index >= 15 is 0 Å². The monoisotopic (exact) mass is 445 g/mol. The first-order valence-corrected chi connectivity index (χ1v) is 10.7. The quantitative estimate of drug-likeness (QED) is 0.589. The molecule has 4 amide bonds. The number of benzene rings is 3. The number of nitrogens with one attached hydrogen (secondary N) is 2. The number of carbonyl (C=O) groups is 3. The largest absolute Gasteiger partial charge is 0.486 e. The molecule has 33 heavy (non-hydrogen) atoms. The number of amides is 4. The summed E-state index contributed by atoms with van der Waals surface area (Å²) in [5, 5.41) is 7.34. The molecule has 2 aliphatic heterocycles. The first kappa shape index (κ1) is 20.8. The van der Waals surface area contributed by atoms with Crippen molar-refractivity contribution < 1.29 is 23.9 Å². The van der Waals surface area contributed by atoms with Crippen LogP contribution in [0.3, 0.4) is 0 Å². The summed E-state index contributed by atoms with van der Waals surface area (Å²) in [4.78, 5) is 39.4. The number of hydrogen-bond donors (Lipinski definition) is 2. The van der Waals surface area contributed by atoms with Crippen molar-refractivity contribution in [3.63, 3.8) is 0 Å². The number of ether oxygens (including phenoxy) is 2. The molecule has 0 aliphatic carbocycles. The second-order valence-corrected chi connectivity index (χ2v) is 8.27. The summed E-state index contributed by atoms with van der Waals surface area (Å²) in [6, 6.07) is 20.0. The summed E-state index contributed by atoms with van der Waals surface area (Å²) in [5.74, 6) is 0.350. The Morgan fingerprint density at radius 3 is 2.64 bits per heavy atom. The first-order valence-electron chi connectivity index (χ1n) is 10.7. The molecule has 2 heterocycles. The Bertz CT molecular complexity index is 1250. The van der Waals surface area contributed by atoms with Crippen LogP contribution in [-0.4, -0.2) is 48.5 Å². The number of carbonyl (C=O) groups excluding carboxylic acids is 3. The lowest BCUT2D eigenvalue weighted by Gasteiger charge is -2.26. The van der Waals surface area contributed by atoms with Crippen LogP contribution in [0.4, 0.5) is 4.79 Å². The van der Waals surface area contributed by atoms with Gasteiger partial charge < -0.3 is 20.1 Å². The van der Waals surface area contributed by atoms with Gasteiger partial charge in [0.1, 0.15) is 24.8 Å². The van der Waals surface area contributed by atoms with Crippen LogP contribution in [0.15, 0.2) is 66.7 Å². The molecule has 0 radical (unpaired) electrons. The van der Waals surface area contributed by atoms with Crippen molar-refractivity contribution in [2.45, 2.75) is 18.6 Å². The number of fused-ring (bicyclic) bond motifs is 2. The first-order chi connectivity index (χ1) is 16.0. The molecule has 3 aromatic rings. The average Bonchev–Trinajstić information content (AvgIpc) is 3.06. The highest BCUT2D eigenvalue weighted by atomic mass is 16.6. The number of hydrogen-bond acceptors (Lipinski definition) is 5. The molecule has 0 spiro atoms. The zero-order chi connectivity index (χ0) is 23.0. The molecular weight excluding hydrogens is 422 g/mol. The molecule has 2 atom stereocenters. The summed E-state index contributed by atoms with van der Waals surface area (Å²) in [5.41, 5.74) is -0.573. The van der Waals surface area contributed by atoms with Crippen LogP contribution < -0.4 is 20.1 Å². The number of para-hydroxylation sites is 2. The third-order valence-corrected chi connectivity index (χ3v) is 6.00. The van der Waals surface area contributed by atoms with Gasteiger partial charge in [-0.3, -0.25) is 14.5 Å². The number of nitrogens with zero attached hydrogens (tertiary/aromatic N) is 1. The lowest BCUT2D eigenvalue weighted by molar-refractivity contribution is -0.134. The lowest BCUT2D eigenvalue weighted by atomic mass is 9.88. The van der Waals surface area contributed by atoms with Crippen LogP contribution >= 0.6 is 0 Å². The van der Waals surface area contributed by atoms with E-state index in [9.17, 15) is 14.4 Å². The minimum atomic E-state index is -1.26. The van der Waals surface area contributed by atoms with Gasteiger partial charge in [-0.25, -0.2) is 4.79 Å². The average molecular weight is 445 g/mol. The molecule has 8 nitrogen and oxygen atoms in total. The highest BCUT2D eigenvalue weighted by Gasteiger charge is 2.50. The third-order valence-electron chi connectivity index (χ3n) is 6.00. The maximum absolute atomic E-state index is 13.3. The van der Waals surface area contributed by atoms with E-state index in [-0.39, 0.29) is 19.2 Å². The van der Waals surface area contributed by atoms with Crippen molar-refractivity contribution in [1.82, 2.24) is 15.5 Å². The van der Waals surface area contributed by atoms with Crippen molar-refractivity contribution in [2.24, 2.45) is 0 Å². The van der Waals surface area contributed by atoms with Crippen molar-refractivity contribution in [1.29, 1.82) is 0 Å². The summed E-state index contributed by atoms with van der Waals surface area (Å²) in [6.45, 7) is 1.77. The fourth-order valence-corrected chi connectivity index (χ4v) is 4.28. The van der Waals surface area contributed by atoms with E-state index in [2.05, 4.69) is 10.6 Å². The lowest BCUT2D eigenvalue weighted by Crippen LogP contribution is -2.46. The molecule has 0 unspecified atom stereocenters. The van der Waals surface area contributed by atoms with E-state index in [1.54, 1.807) is 13.0 Å². The van der Waals surface area contributed by atoms with Gasteiger partial charge in [-0.2, -0.15) is 0 Å². The van der Waals surface area contributed by atoms with Gasteiger partial charge in [0.15, 0.2) is 11.5 Å². The number of imide groups is 1. The van der Waals surface area contributed by atoms with E-state index in [1.165, 1.54) is 0 Å². The molecule has 3 aromatic carbocycles. The number of urea groups is 1. The summed E-state index contributed by atoms with van der Waals surface area (Å²) in [6.07, 6.45) is -0.368. The van der Waals surface area contributed by atoms with Crippen LogP contribution in [0.2, 0.25) is 0 Å². The molecule has 2 aliphatic rings. The molecule has 2 N–H and O–H groups in total. The molecule has 1 saturated heterocycles. The fourth-order valence-electron chi connectivity index (χ4n) is 4.28. The van der Waals surface area contributed by atoms with Gasteiger partial charge in [0.2, 0.25) is 5.91 Å².